The minimum absolute atomic E-state index is 0.459. The lowest BCUT2D eigenvalue weighted by atomic mass is 10.1. The Morgan fingerprint density at radius 2 is 1.91 bits per heavy atom. The zero-order valence-corrected chi connectivity index (χ0v) is 13.6. The van der Waals surface area contributed by atoms with Crippen molar-refractivity contribution in [2.45, 2.75) is 13.3 Å². The molecule has 1 aromatic carbocycles. The van der Waals surface area contributed by atoms with Gasteiger partial charge < -0.3 is 14.8 Å². The summed E-state index contributed by atoms with van der Waals surface area (Å²) in [6.07, 6.45) is 0.820. The van der Waals surface area contributed by atoms with Crippen LogP contribution in [0.5, 0.6) is 0 Å². The summed E-state index contributed by atoms with van der Waals surface area (Å²) in [4.78, 5) is 26.6. The number of aryl methyl sites for hydroxylation is 1. The van der Waals surface area contributed by atoms with Gasteiger partial charge in [0.05, 0.1) is 5.56 Å². The van der Waals surface area contributed by atoms with Gasteiger partial charge in [-0.1, -0.05) is 18.2 Å². The van der Waals surface area contributed by atoms with E-state index in [0.717, 1.165) is 29.6 Å². The number of aromatic nitrogens is 1. The molecule has 0 saturated carbocycles. The first kappa shape index (κ1) is 16.2. The minimum atomic E-state index is -0.529. The lowest BCUT2D eigenvalue weighted by molar-refractivity contribution is -0.117. The molecule has 5 nitrogen and oxygen atoms in total. The highest BCUT2D eigenvalue weighted by Gasteiger charge is 2.23. The maximum atomic E-state index is 12.5. The van der Waals surface area contributed by atoms with Crippen LogP contribution in [-0.2, 0) is 11.8 Å². The molecule has 0 fully saturated rings. The van der Waals surface area contributed by atoms with E-state index in [2.05, 4.69) is 5.32 Å². The van der Waals surface area contributed by atoms with Crippen LogP contribution >= 0.6 is 0 Å². The molecule has 22 heavy (non-hydrogen) atoms. The van der Waals surface area contributed by atoms with Gasteiger partial charge in [0.25, 0.3) is 11.7 Å². The molecule has 0 saturated heterocycles. The van der Waals surface area contributed by atoms with Gasteiger partial charge >= 0.3 is 0 Å². The molecule has 2 rings (SSSR count). The molecule has 118 valence electrons. The zero-order valence-electron chi connectivity index (χ0n) is 13.6. The maximum Gasteiger partial charge on any atom is 0.292 e. The van der Waals surface area contributed by atoms with E-state index in [4.69, 9.17) is 0 Å². The fourth-order valence-electron chi connectivity index (χ4n) is 2.60. The van der Waals surface area contributed by atoms with E-state index in [1.54, 1.807) is 0 Å². The van der Waals surface area contributed by atoms with Crippen molar-refractivity contribution in [2.24, 2.45) is 7.05 Å². The monoisotopic (exact) mass is 301 g/mol. The molecular formula is C17H23N3O2. The van der Waals surface area contributed by atoms with Gasteiger partial charge in [-0.25, -0.2) is 0 Å². The Hall–Kier alpha value is -2.14. The number of ketones is 1. The number of carbonyl (C=O) groups excluding carboxylic acids is 2. The van der Waals surface area contributed by atoms with Gasteiger partial charge in [-0.15, -0.1) is 0 Å². The van der Waals surface area contributed by atoms with Gasteiger partial charge in [-0.05, 0) is 40.1 Å². The van der Waals surface area contributed by atoms with E-state index < -0.39 is 11.7 Å². The van der Waals surface area contributed by atoms with Crippen molar-refractivity contribution in [2.75, 3.05) is 27.2 Å². The summed E-state index contributed by atoms with van der Waals surface area (Å²) in [7, 11) is 5.86. The van der Waals surface area contributed by atoms with Crippen LogP contribution in [0, 0.1) is 6.92 Å². The van der Waals surface area contributed by atoms with Gasteiger partial charge in [0.1, 0.15) is 0 Å². The predicted molar refractivity (Wildman–Crippen MR) is 88.2 cm³/mol. The molecule has 0 radical (unpaired) electrons. The number of rotatable bonds is 6. The Morgan fingerprint density at radius 1 is 1.23 bits per heavy atom. The number of nitrogens with one attached hydrogen (secondary N) is 1. The van der Waals surface area contributed by atoms with Crippen molar-refractivity contribution >= 4 is 22.6 Å². The molecule has 5 heteroatoms. The summed E-state index contributed by atoms with van der Waals surface area (Å²) in [5.41, 5.74) is 2.28. The Bertz CT molecular complexity index is 701. The first-order valence-corrected chi connectivity index (χ1v) is 7.44. The predicted octanol–water partition coefficient (Wildman–Crippen LogP) is 1.74. The van der Waals surface area contributed by atoms with Crippen LogP contribution in [0.4, 0.5) is 0 Å². The smallest absolute Gasteiger partial charge is 0.292 e. The summed E-state index contributed by atoms with van der Waals surface area (Å²) >= 11 is 0. The van der Waals surface area contributed by atoms with E-state index in [9.17, 15) is 9.59 Å². The molecule has 0 spiro atoms. The summed E-state index contributed by atoms with van der Waals surface area (Å²) < 4.78 is 1.95. The van der Waals surface area contributed by atoms with E-state index in [1.165, 1.54) is 0 Å². The van der Waals surface area contributed by atoms with Gasteiger partial charge in [-0.2, -0.15) is 0 Å². The summed E-state index contributed by atoms with van der Waals surface area (Å²) in [5, 5.41) is 3.54. The van der Waals surface area contributed by atoms with Gasteiger partial charge in [0.15, 0.2) is 0 Å². The molecule has 0 unspecified atom stereocenters. The Kier molecular flexibility index (Phi) is 4.98. The third-order valence-corrected chi connectivity index (χ3v) is 3.90. The van der Waals surface area contributed by atoms with Crippen molar-refractivity contribution in [3.05, 3.63) is 35.5 Å². The largest absolute Gasteiger partial charge is 0.349 e. The topological polar surface area (TPSA) is 54.3 Å². The van der Waals surface area contributed by atoms with Crippen LogP contribution < -0.4 is 5.32 Å². The van der Waals surface area contributed by atoms with Crippen molar-refractivity contribution in [1.29, 1.82) is 0 Å². The standard InChI is InChI=1S/C17H23N3O2/c1-12-15(13-8-5-6-9-14(13)20(12)4)16(21)17(22)18-10-7-11-19(2)3/h5-6,8-9H,7,10-11H2,1-4H3,(H,18,22). The van der Waals surface area contributed by atoms with Crippen LogP contribution in [0.2, 0.25) is 0 Å². The van der Waals surface area contributed by atoms with Crippen molar-refractivity contribution < 1.29 is 9.59 Å². The molecule has 0 bridgehead atoms. The van der Waals surface area contributed by atoms with Crippen molar-refractivity contribution in [1.82, 2.24) is 14.8 Å². The lowest BCUT2D eigenvalue weighted by Gasteiger charge is -2.09. The third-order valence-electron chi connectivity index (χ3n) is 3.90. The molecule has 1 amide bonds. The Morgan fingerprint density at radius 3 is 2.59 bits per heavy atom. The number of benzene rings is 1. The van der Waals surface area contributed by atoms with E-state index in [-0.39, 0.29) is 0 Å². The Balaban J connectivity index is 2.16. The molecule has 0 aliphatic rings. The van der Waals surface area contributed by atoms with Gasteiger partial charge in [0.2, 0.25) is 0 Å². The summed E-state index contributed by atoms with van der Waals surface area (Å²) in [6.45, 7) is 3.25. The molecule has 1 N–H and O–H groups in total. The second kappa shape index (κ2) is 6.75. The van der Waals surface area contributed by atoms with Gasteiger partial charge in [-0.3, -0.25) is 9.59 Å². The number of hydrogen-bond acceptors (Lipinski definition) is 3. The molecule has 1 aromatic heterocycles. The average molecular weight is 301 g/mol. The molecule has 2 aromatic rings. The number of nitrogens with zero attached hydrogens (tertiary/aromatic N) is 2. The van der Waals surface area contributed by atoms with Crippen LogP contribution in [0.25, 0.3) is 10.9 Å². The summed E-state index contributed by atoms with van der Waals surface area (Å²) in [6, 6.07) is 7.65. The van der Waals surface area contributed by atoms with Crippen LogP contribution in [0.3, 0.4) is 0 Å². The molecular weight excluding hydrogens is 278 g/mol. The first-order valence-electron chi connectivity index (χ1n) is 7.44. The van der Waals surface area contributed by atoms with E-state index >= 15 is 0 Å². The zero-order chi connectivity index (χ0) is 16.3. The number of carbonyl (C=O) groups is 2. The minimum Gasteiger partial charge on any atom is -0.349 e. The second-order valence-corrected chi connectivity index (χ2v) is 5.78. The van der Waals surface area contributed by atoms with Crippen molar-refractivity contribution in [3.8, 4) is 0 Å². The number of Topliss-reactive ketones (excluding diaryl/α,β-unsaturated/α-hetero) is 1. The van der Waals surface area contributed by atoms with Crippen LogP contribution in [0.1, 0.15) is 22.5 Å². The number of para-hydroxylation sites is 1. The Labute approximate surface area is 130 Å². The quantitative estimate of drug-likeness (QED) is 0.502. The maximum absolute atomic E-state index is 12.5. The summed E-state index contributed by atoms with van der Waals surface area (Å²) in [5.74, 6) is -0.989. The highest BCUT2D eigenvalue weighted by molar-refractivity contribution is 6.45. The van der Waals surface area contributed by atoms with Gasteiger partial charge in [0, 0.05) is 30.2 Å². The fourth-order valence-corrected chi connectivity index (χ4v) is 2.60. The fraction of sp³-hybridized carbons (Fsp3) is 0.412. The van der Waals surface area contributed by atoms with E-state index in [0.29, 0.717) is 12.1 Å². The van der Waals surface area contributed by atoms with E-state index in [1.807, 2.05) is 61.8 Å². The average Bonchev–Trinajstić information content (AvgIpc) is 2.75. The third kappa shape index (κ3) is 3.20. The normalized spacial score (nSPS) is 11.1. The number of hydrogen-bond donors (Lipinski definition) is 1. The molecule has 0 aliphatic heterocycles. The second-order valence-electron chi connectivity index (χ2n) is 5.78. The van der Waals surface area contributed by atoms with Crippen LogP contribution in [0.15, 0.2) is 24.3 Å². The van der Waals surface area contributed by atoms with Crippen molar-refractivity contribution in [3.63, 3.8) is 0 Å². The molecule has 1 heterocycles. The lowest BCUT2D eigenvalue weighted by Crippen LogP contribution is -2.33. The number of amides is 1. The number of fused-ring (bicyclic) bond motifs is 1. The van der Waals surface area contributed by atoms with Crippen LogP contribution in [-0.4, -0.2) is 48.3 Å². The highest BCUT2D eigenvalue weighted by Crippen LogP contribution is 2.25. The SMILES string of the molecule is Cc1c(C(=O)C(=O)NCCCN(C)C)c2ccccc2n1C. The highest BCUT2D eigenvalue weighted by atomic mass is 16.2. The first-order chi connectivity index (χ1) is 10.4. The molecule has 0 aliphatic carbocycles. The molecule has 0 atom stereocenters.